The van der Waals surface area contributed by atoms with Crippen molar-refractivity contribution in [3.8, 4) is 16.9 Å². The van der Waals surface area contributed by atoms with Gasteiger partial charge in [-0.3, -0.25) is 9.47 Å². The molecule has 5 rings (SSSR count). The molecule has 5 nitrogen and oxygen atoms in total. The summed E-state index contributed by atoms with van der Waals surface area (Å²) in [6.45, 7) is 4.57. The lowest BCUT2D eigenvalue weighted by atomic mass is 9.79. The maximum absolute atomic E-state index is 12.7. The van der Waals surface area contributed by atoms with E-state index in [1.807, 2.05) is 42.7 Å². The van der Waals surface area contributed by atoms with Crippen LogP contribution in [0.3, 0.4) is 0 Å². The molecule has 2 atom stereocenters. The highest BCUT2D eigenvalue weighted by Crippen LogP contribution is 2.32. The molecule has 3 aliphatic rings. The first-order chi connectivity index (χ1) is 12.2. The number of amides is 1. The molecule has 25 heavy (non-hydrogen) atoms. The second-order valence-electron chi connectivity index (χ2n) is 7.13. The topological polar surface area (TPSA) is 46.5 Å². The molecule has 1 aromatic heterocycles. The van der Waals surface area contributed by atoms with E-state index >= 15 is 0 Å². The lowest BCUT2D eigenvalue weighted by Crippen LogP contribution is -2.62. The number of methoxy groups -OCH3 is 1. The number of hydrogen-bond acceptors (Lipinski definition) is 3. The van der Waals surface area contributed by atoms with E-state index in [9.17, 15) is 4.79 Å². The predicted octanol–water partition coefficient (Wildman–Crippen LogP) is 3.20. The molecule has 1 aromatic carbocycles. The van der Waals surface area contributed by atoms with E-state index in [1.165, 1.54) is 25.9 Å². The molecular formula is C20H25N3O2. The molecule has 3 saturated heterocycles. The van der Waals surface area contributed by atoms with Gasteiger partial charge >= 0.3 is 6.03 Å². The van der Waals surface area contributed by atoms with Crippen LogP contribution in [-0.2, 0) is 0 Å². The minimum Gasteiger partial charge on any atom is -0.497 e. The van der Waals surface area contributed by atoms with Crippen molar-refractivity contribution in [3.63, 3.8) is 0 Å². The molecule has 0 saturated carbocycles. The molecule has 4 heterocycles. The molecule has 0 spiro atoms. The van der Waals surface area contributed by atoms with Gasteiger partial charge in [0, 0.05) is 24.5 Å². The van der Waals surface area contributed by atoms with E-state index < -0.39 is 0 Å². The lowest BCUT2D eigenvalue weighted by molar-refractivity contribution is 0.0267. The fraction of sp³-hybridized carbons (Fsp3) is 0.450. The second kappa shape index (κ2) is 6.56. The number of carbonyl (C=O) groups excluding carboxylic acids is 1. The van der Waals surface area contributed by atoms with Gasteiger partial charge in [-0.25, -0.2) is 4.79 Å². The third kappa shape index (κ3) is 3.04. The van der Waals surface area contributed by atoms with Gasteiger partial charge in [0.1, 0.15) is 5.75 Å². The van der Waals surface area contributed by atoms with Crippen molar-refractivity contribution in [2.24, 2.45) is 5.92 Å². The maximum atomic E-state index is 12.7. The summed E-state index contributed by atoms with van der Waals surface area (Å²) in [5.74, 6) is 1.44. The van der Waals surface area contributed by atoms with Crippen LogP contribution in [0.25, 0.3) is 11.1 Å². The van der Waals surface area contributed by atoms with Crippen molar-refractivity contribution in [3.05, 3.63) is 42.7 Å². The molecule has 0 radical (unpaired) electrons. The number of nitrogens with zero attached hydrogens (tertiary/aromatic N) is 2. The average Bonchev–Trinajstić information content (AvgIpc) is 3.15. The Kier molecular flexibility index (Phi) is 4.25. The first kappa shape index (κ1) is 16.2. The predicted molar refractivity (Wildman–Crippen MR) is 97.9 cm³/mol. The number of piperidine rings is 3. The highest BCUT2D eigenvalue weighted by atomic mass is 16.5. The van der Waals surface area contributed by atoms with E-state index in [1.54, 1.807) is 11.7 Å². The normalized spacial score (nSPS) is 27.9. The smallest absolute Gasteiger partial charge is 0.325 e. The Morgan fingerprint density at radius 2 is 1.84 bits per heavy atom. The van der Waals surface area contributed by atoms with Crippen LogP contribution in [-0.4, -0.2) is 47.8 Å². The van der Waals surface area contributed by atoms with Gasteiger partial charge < -0.3 is 10.1 Å². The van der Waals surface area contributed by atoms with Crippen LogP contribution in [0, 0.1) is 5.92 Å². The summed E-state index contributed by atoms with van der Waals surface area (Å²) in [6.07, 6.45) is 6.11. The number of benzene rings is 1. The molecule has 1 amide bonds. The van der Waals surface area contributed by atoms with Crippen LogP contribution >= 0.6 is 0 Å². The fourth-order valence-electron chi connectivity index (χ4n) is 4.24. The summed E-state index contributed by atoms with van der Waals surface area (Å²) >= 11 is 0. The minimum absolute atomic E-state index is 0.0367. The van der Waals surface area contributed by atoms with Gasteiger partial charge in [-0.15, -0.1) is 0 Å². The third-order valence-electron chi connectivity index (χ3n) is 5.82. The van der Waals surface area contributed by atoms with Crippen LogP contribution in [0.5, 0.6) is 5.75 Å². The van der Waals surface area contributed by atoms with Gasteiger partial charge in [0.2, 0.25) is 0 Å². The lowest BCUT2D eigenvalue weighted by Gasteiger charge is -2.49. The minimum atomic E-state index is -0.0367. The summed E-state index contributed by atoms with van der Waals surface area (Å²) in [5, 5.41) is 3.26. The van der Waals surface area contributed by atoms with E-state index in [0.29, 0.717) is 12.0 Å². The van der Waals surface area contributed by atoms with E-state index in [-0.39, 0.29) is 12.1 Å². The van der Waals surface area contributed by atoms with Gasteiger partial charge in [0.25, 0.3) is 0 Å². The van der Waals surface area contributed by atoms with Crippen LogP contribution in [0.4, 0.5) is 4.79 Å². The second-order valence-corrected chi connectivity index (χ2v) is 7.13. The van der Waals surface area contributed by atoms with Crippen molar-refractivity contribution in [1.29, 1.82) is 0 Å². The highest BCUT2D eigenvalue weighted by molar-refractivity contribution is 5.79. The molecule has 2 aromatic rings. The van der Waals surface area contributed by atoms with Crippen molar-refractivity contribution in [2.45, 2.75) is 31.8 Å². The van der Waals surface area contributed by atoms with Crippen molar-refractivity contribution in [2.75, 3.05) is 20.2 Å². The number of aromatic nitrogens is 1. The van der Waals surface area contributed by atoms with Crippen molar-refractivity contribution < 1.29 is 9.53 Å². The monoisotopic (exact) mass is 339 g/mol. The van der Waals surface area contributed by atoms with Gasteiger partial charge in [-0.1, -0.05) is 12.1 Å². The zero-order valence-corrected chi connectivity index (χ0v) is 14.8. The van der Waals surface area contributed by atoms with Crippen molar-refractivity contribution in [1.82, 2.24) is 14.8 Å². The van der Waals surface area contributed by atoms with Crippen LogP contribution in [0.1, 0.15) is 19.8 Å². The Morgan fingerprint density at radius 1 is 1.12 bits per heavy atom. The number of carbonyl (C=O) groups is 1. The Hall–Kier alpha value is -2.27. The number of ether oxygens (including phenoxy) is 1. The molecule has 2 bridgehead atoms. The van der Waals surface area contributed by atoms with E-state index in [4.69, 9.17) is 4.74 Å². The molecule has 3 fully saturated rings. The number of fused-ring (bicyclic) bond motifs is 3. The fourth-order valence-corrected chi connectivity index (χ4v) is 4.24. The standard InChI is InChI=1S/C20H25N3O2/c1-14-19(16-7-10-22(14)11-8-16)21-20(24)23-12-9-17(13-23)15-3-5-18(25-2)6-4-15/h3-6,9,12-14,16,19H,7-8,10-11H2,1-2H3,(H,21,24)/t14-,19-/m0/s1. The van der Waals surface area contributed by atoms with Crippen LogP contribution in [0.15, 0.2) is 42.7 Å². The Bertz CT molecular complexity index is 743. The summed E-state index contributed by atoms with van der Waals surface area (Å²) in [4.78, 5) is 15.2. The average molecular weight is 339 g/mol. The van der Waals surface area contributed by atoms with Gasteiger partial charge in [0.15, 0.2) is 0 Å². The highest BCUT2D eigenvalue weighted by Gasteiger charge is 2.40. The number of hydrogen-bond donors (Lipinski definition) is 1. The van der Waals surface area contributed by atoms with Gasteiger partial charge in [0.05, 0.1) is 7.11 Å². The quantitative estimate of drug-likeness (QED) is 0.934. The maximum Gasteiger partial charge on any atom is 0.325 e. The zero-order chi connectivity index (χ0) is 17.4. The van der Waals surface area contributed by atoms with Crippen LogP contribution < -0.4 is 10.1 Å². The third-order valence-corrected chi connectivity index (χ3v) is 5.82. The van der Waals surface area contributed by atoms with E-state index in [2.05, 4.69) is 17.1 Å². The van der Waals surface area contributed by atoms with Crippen molar-refractivity contribution >= 4 is 6.03 Å². The largest absolute Gasteiger partial charge is 0.497 e. The Morgan fingerprint density at radius 3 is 2.48 bits per heavy atom. The molecule has 0 aliphatic carbocycles. The molecule has 5 heteroatoms. The molecule has 3 aliphatic heterocycles. The van der Waals surface area contributed by atoms with Gasteiger partial charge in [-0.05, 0) is 68.1 Å². The molecule has 0 unspecified atom stereocenters. The number of nitrogens with one attached hydrogen (secondary N) is 1. The first-order valence-electron chi connectivity index (χ1n) is 9.03. The molecule has 1 N–H and O–H groups in total. The SMILES string of the molecule is COc1ccc(-c2ccn(C(=O)N[C@@H]3C4CCN(CC4)[C@H]3C)c2)cc1. The summed E-state index contributed by atoms with van der Waals surface area (Å²) in [6, 6.07) is 10.5. The van der Waals surface area contributed by atoms with E-state index in [0.717, 1.165) is 16.9 Å². The Labute approximate surface area is 148 Å². The Balaban J connectivity index is 1.47. The first-order valence-corrected chi connectivity index (χ1v) is 9.03. The summed E-state index contributed by atoms with van der Waals surface area (Å²) < 4.78 is 6.85. The van der Waals surface area contributed by atoms with Crippen LogP contribution in [0.2, 0.25) is 0 Å². The van der Waals surface area contributed by atoms with Gasteiger partial charge in [-0.2, -0.15) is 0 Å². The molecular weight excluding hydrogens is 314 g/mol. The molecule has 132 valence electrons. The zero-order valence-electron chi connectivity index (χ0n) is 14.8. The summed E-state index contributed by atoms with van der Waals surface area (Å²) in [5.41, 5.74) is 2.10. The summed E-state index contributed by atoms with van der Waals surface area (Å²) in [7, 11) is 1.66. The number of rotatable bonds is 3.